The minimum atomic E-state index is -0.203. The quantitative estimate of drug-likeness (QED) is 0.894. The molecule has 5 nitrogen and oxygen atoms in total. The number of halogens is 1. The predicted octanol–water partition coefficient (Wildman–Crippen LogP) is 3.06. The maximum atomic E-state index is 13.1. The Balaban J connectivity index is 1.47. The molecule has 1 aromatic heterocycles. The van der Waals surface area contributed by atoms with Crippen molar-refractivity contribution < 1.29 is 9.18 Å². The van der Waals surface area contributed by atoms with E-state index in [0.717, 1.165) is 49.7 Å². The van der Waals surface area contributed by atoms with Crippen LogP contribution in [0, 0.1) is 11.7 Å². The number of carbonyl (C=O) groups excluding carboxylic acids is 1. The molecular weight excluding hydrogens is 351 g/mol. The van der Waals surface area contributed by atoms with Crippen molar-refractivity contribution in [2.75, 3.05) is 32.0 Å². The minimum Gasteiger partial charge on any atom is -0.365 e. The molecule has 3 saturated heterocycles. The molecule has 0 radical (unpaired) electrons. The zero-order valence-corrected chi connectivity index (χ0v) is 15.6. The van der Waals surface area contributed by atoms with Crippen molar-refractivity contribution in [1.82, 2.24) is 14.8 Å². The maximum Gasteiger partial charge on any atom is 0.273 e. The first kappa shape index (κ1) is 17.4. The largest absolute Gasteiger partial charge is 0.365 e. The Labute approximate surface area is 156 Å². The van der Waals surface area contributed by atoms with Gasteiger partial charge in [0.05, 0.1) is 0 Å². The van der Waals surface area contributed by atoms with Crippen LogP contribution in [0.4, 0.5) is 9.52 Å². The van der Waals surface area contributed by atoms with E-state index in [0.29, 0.717) is 11.6 Å². The number of amides is 1. The third kappa shape index (κ3) is 3.59. The average molecular weight is 374 g/mol. The molecule has 2 aromatic rings. The molecule has 2 bridgehead atoms. The molecule has 0 spiro atoms. The van der Waals surface area contributed by atoms with E-state index in [9.17, 15) is 9.18 Å². The van der Waals surface area contributed by atoms with Crippen molar-refractivity contribution in [3.63, 3.8) is 0 Å². The third-order valence-corrected chi connectivity index (χ3v) is 6.17. The molecule has 5 rings (SSSR count). The van der Waals surface area contributed by atoms with E-state index in [1.54, 1.807) is 0 Å². The molecule has 3 fully saturated rings. The molecular formula is C19H23FN4OS. The molecule has 0 aliphatic carbocycles. The summed E-state index contributed by atoms with van der Waals surface area (Å²) in [5.74, 6) is 0.326. The number of nitrogens with zero attached hydrogens (tertiary/aromatic N) is 3. The Hall–Kier alpha value is -1.99. The van der Waals surface area contributed by atoms with E-state index >= 15 is 0 Å². The number of thiazole rings is 1. The van der Waals surface area contributed by atoms with E-state index in [1.165, 1.54) is 23.5 Å². The van der Waals surface area contributed by atoms with Crippen LogP contribution in [0.3, 0.4) is 0 Å². The molecule has 4 heterocycles. The zero-order chi connectivity index (χ0) is 18.1. The van der Waals surface area contributed by atoms with Crippen LogP contribution in [0.2, 0.25) is 0 Å². The summed E-state index contributed by atoms with van der Waals surface area (Å²) in [4.78, 5) is 21.8. The number of benzene rings is 1. The van der Waals surface area contributed by atoms with E-state index in [2.05, 4.69) is 15.2 Å². The van der Waals surface area contributed by atoms with Crippen LogP contribution in [0.15, 0.2) is 29.6 Å². The summed E-state index contributed by atoms with van der Waals surface area (Å²) in [5, 5.41) is 5.60. The predicted molar refractivity (Wildman–Crippen MR) is 101 cm³/mol. The number of anilines is 1. The van der Waals surface area contributed by atoms with Gasteiger partial charge in [-0.1, -0.05) is 12.1 Å². The molecule has 7 heteroatoms. The Morgan fingerprint density at radius 2 is 2.08 bits per heavy atom. The number of carbonyl (C=O) groups is 1. The molecule has 3 aliphatic rings. The first-order chi connectivity index (χ1) is 12.6. The first-order valence-electron chi connectivity index (χ1n) is 9.03. The smallest absolute Gasteiger partial charge is 0.273 e. The van der Waals surface area contributed by atoms with Crippen LogP contribution >= 0.6 is 11.3 Å². The van der Waals surface area contributed by atoms with Crippen molar-refractivity contribution in [3.05, 3.63) is 46.7 Å². The van der Waals surface area contributed by atoms with Gasteiger partial charge in [0.2, 0.25) is 0 Å². The molecule has 26 heavy (non-hydrogen) atoms. The second-order valence-corrected chi connectivity index (χ2v) is 8.02. The van der Waals surface area contributed by atoms with Gasteiger partial charge in [-0.2, -0.15) is 0 Å². The second-order valence-electron chi connectivity index (χ2n) is 7.16. The lowest BCUT2D eigenvalue weighted by Gasteiger charge is -2.35. The highest BCUT2D eigenvalue weighted by atomic mass is 32.1. The van der Waals surface area contributed by atoms with Crippen molar-refractivity contribution >= 4 is 22.4 Å². The Kier molecular flexibility index (Phi) is 4.91. The topological polar surface area (TPSA) is 48.5 Å². The highest BCUT2D eigenvalue weighted by molar-refractivity contribution is 7.13. The van der Waals surface area contributed by atoms with Gasteiger partial charge in [0.25, 0.3) is 5.91 Å². The molecule has 1 amide bonds. The lowest BCUT2D eigenvalue weighted by molar-refractivity contribution is 0.0580. The summed E-state index contributed by atoms with van der Waals surface area (Å²) >= 11 is 1.46. The molecule has 1 aromatic carbocycles. The number of piperidine rings is 1. The van der Waals surface area contributed by atoms with Crippen molar-refractivity contribution in [2.45, 2.75) is 25.4 Å². The number of hydrogen-bond donors (Lipinski definition) is 1. The van der Waals surface area contributed by atoms with Gasteiger partial charge < -0.3 is 10.2 Å². The van der Waals surface area contributed by atoms with Crippen LogP contribution in [-0.2, 0) is 6.54 Å². The third-order valence-electron chi connectivity index (χ3n) is 5.31. The number of aromatic nitrogens is 1. The summed E-state index contributed by atoms with van der Waals surface area (Å²) in [6.45, 7) is 3.45. The molecule has 2 atom stereocenters. The fourth-order valence-corrected chi connectivity index (χ4v) is 4.68. The summed E-state index contributed by atoms with van der Waals surface area (Å²) < 4.78 is 13.1. The fraction of sp³-hybridized carbons (Fsp3) is 0.474. The second kappa shape index (κ2) is 7.32. The lowest BCUT2D eigenvalue weighted by Crippen LogP contribution is -2.47. The van der Waals surface area contributed by atoms with E-state index in [4.69, 9.17) is 0 Å². The van der Waals surface area contributed by atoms with Crippen molar-refractivity contribution in [2.24, 2.45) is 5.92 Å². The van der Waals surface area contributed by atoms with Crippen molar-refractivity contribution in [1.29, 1.82) is 0 Å². The highest BCUT2D eigenvalue weighted by Gasteiger charge is 2.38. The van der Waals surface area contributed by atoms with E-state index in [-0.39, 0.29) is 17.8 Å². The Morgan fingerprint density at radius 1 is 1.27 bits per heavy atom. The average Bonchev–Trinajstić information content (AvgIpc) is 2.97. The van der Waals surface area contributed by atoms with Crippen LogP contribution in [0.1, 0.15) is 28.9 Å². The Bertz CT molecular complexity index is 778. The SMILES string of the molecule is CNc1nc(C(=O)N2C[C@H]3CC[C@@H]2CN(Cc2ccc(F)cc2)C3)cs1. The normalized spacial score (nSPS) is 23.1. The van der Waals surface area contributed by atoms with Gasteiger partial charge in [0.15, 0.2) is 5.13 Å². The minimum absolute atomic E-state index is 0.0427. The monoisotopic (exact) mass is 374 g/mol. The molecule has 1 N–H and O–H groups in total. The fourth-order valence-electron chi connectivity index (χ4n) is 4.04. The molecule has 3 aliphatic heterocycles. The number of rotatable bonds is 4. The lowest BCUT2D eigenvalue weighted by atomic mass is 9.95. The van der Waals surface area contributed by atoms with Crippen LogP contribution in [-0.4, -0.2) is 53.4 Å². The van der Waals surface area contributed by atoms with Gasteiger partial charge in [-0.15, -0.1) is 11.3 Å². The summed E-state index contributed by atoms with van der Waals surface area (Å²) in [6.07, 6.45) is 2.20. The molecule has 0 saturated carbocycles. The number of nitrogens with one attached hydrogen (secondary N) is 1. The van der Waals surface area contributed by atoms with Gasteiger partial charge >= 0.3 is 0 Å². The highest BCUT2D eigenvalue weighted by Crippen LogP contribution is 2.30. The first-order valence-corrected chi connectivity index (χ1v) is 9.91. The summed E-state index contributed by atoms with van der Waals surface area (Å²) in [5.41, 5.74) is 1.65. The van der Waals surface area contributed by atoms with Crippen LogP contribution in [0.25, 0.3) is 0 Å². The summed E-state index contributed by atoms with van der Waals surface area (Å²) in [7, 11) is 1.81. The number of fused-ring (bicyclic) bond motifs is 4. The Morgan fingerprint density at radius 3 is 2.81 bits per heavy atom. The standard InChI is InChI=1S/C19H23FN4OS/c1-21-19-22-17(12-26-19)18(25)24-10-14-4-7-16(24)11-23(9-14)8-13-2-5-15(20)6-3-13/h2-3,5-6,12,14,16H,4,7-11H2,1H3,(H,21,22)/t14-,16+/m0/s1. The van der Waals surface area contributed by atoms with E-state index in [1.807, 2.05) is 29.5 Å². The van der Waals surface area contributed by atoms with Gasteiger partial charge in [0.1, 0.15) is 11.5 Å². The zero-order valence-electron chi connectivity index (χ0n) is 14.8. The van der Waals surface area contributed by atoms with Crippen molar-refractivity contribution in [3.8, 4) is 0 Å². The molecule has 138 valence electrons. The van der Waals surface area contributed by atoms with Gasteiger partial charge in [-0.3, -0.25) is 9.69 Å². The number of hydrogen-bond acceptors (Lipinski definition) is 5. The van der Waals surface area contributed by atoms with Gasteiger partial charge in [-0.05, 0) is 36.5 Å². The molecule has 0 unspecified atom stereocenters. The van der Waals surface area contributed by atoms with Crippen LogP contribution < -0.4 is 5.32 Å². The van der Waals surface area contributed by atoms with Gasteiger partial charge in [0, 0.05) is 44.6 Å². The van der Waals surface area contributed by atoms with Crippen LogP contribution in [0.5, 0.6) is 0 Å². The van der Waals surface area contributed by atoms with E-state index < -0.39 is 0 Å². The summed E-state index contributed by atoms with van der Waals surface area (Å²) in [6, 6.07) is 6.94. The van der Waals surface area contributed by atoms with Gasteiger partial charge in [-0.25, -0.2) is 9.37 Å². The maximum absolute atomic E-state index is 13.1.